The summed E-state index contributed by atoms with van der Waals surface area (Å²) in [5.41, 5.74) is 3.94. The van der Waals surface area contributed by atoms with E-state index >= 15 is 0 Å². The lowest BCUT2D eigenvalue weighted by molar-refractivity contribution is 0.537. The largest absolute Gasteiger partial charge is 0.237 e. The Morgan fingerprint density at radius 2 is 1.52 bits per heavy atom. The second-order valence-electron chi connectivity index (χ2n) is 7.49. The fourth-order valence-corrected chi connectivity index (χ4v) is 2.16. The van der Waals surface area contributed by atoms with Gasteiger partial charge in [0.05, 0.1) is 23.0 Å². The smallest absolute Gasteiger partial charge is 0.0991 e. The molecule has 0 aliphatic rings. The lowest BCUT2D eigenvalue weighted by atomic mass is 9.88. The average molecular weight is 281 g/mol. The molecule has 0 saturated heterocycles. The Morgan fingerprint density at radius 1 is 0.952 bits per heavy atom. The second-order valence-corrected chi connectivity index (χ2v) is 7.49. The molecule has 0 N–H and O–H groups in total. The lowest BCUT2D eigenvalue weighted by Gasteiger charge is -2.20. The second kappa shape index (κ2) is 5.04. The highest BCUT2D eigenvalue weighted by Crippen LogP contribution is 2.30. The topological polar surface area (TPSA) is 41.6 Å². The Morgan fingerprint density at radius 3 is 1.95 bits per heavy atom. The van der Waals surface area contributed by atoms with Crippen molar-refractivity contribution in [3.05, 3.63) is 47.3 Å². The van der Waals surface area contributed by atoms with Crippen LogP contribution in [0.1, 0.15) is 58.5 Å². The fourth-order valence-electron chi connectivity index (χ4n) is 2.16. The third-order valence-electron chi connectivity index (χ3n) is 3.49. The predicted octanol–water partition coefficient (Wildman–Crippen LogP) is 4.34. The Hall–Kier alpha value is -2.08. The van der Waals surface area contributed by atoms with Gasteiger partial charge in [-0.15, -0.1) is 0 Å². The van der Waals surface area contributed by atoms with E-state index in [1.807, 2.05) is 28.9 Å². The number of hydrogen-bond acceptors (Lipinski definition) is 2. The molecule has 1 aromatic heterocycles. The molecular formula is C18H23N3. The van der Waals surface area contributed by atoms with E-state index in [1.54, 1.807) is 0 Å². The number of rotatable bonds is 1. The van der Waals surface area contributed by atoms with Gasteiger partial charge < -0.3 is 0 Å². The van der Waals surface area contributed by atoms with Crippen molar-refractivity contribution in [3.8, 4) is 11.8 Å². The van der Waals surface area contributed by atoms with Gasteiger partial charge in [0.2, 0.25) is 0 Å². The van der Waals surface area contributed by atoms with Crippen LogP contribution in [-0.2, 0) is 10.8 Å². The normalized spacial score (nSPS) is 12.2. The van der Waals surface area contributed by atoms with E-state index in [2.05, 4.69) is 53.7 Å². The van der Waals surface area contributed by atoms with Crippen LogP contribution in [0.15, 0.2) is 30.3 Å². The molecule has 0 unspecified atom stereocenters. The van der Waals surface area contributed by atoms with Gasteiger partial charge in [0, 0.05) is 16.5 Å². The third kappa shape index (κ3) is 3.16. The van der Waals surface area contributed by atoms with Gasteiger partial charge in [-0.05, 0) is 30.3 Å². The zero-order valence-corrected chi connectivity index (χ0v) is 13.7. The number of nitrogens with zero attached hydrogens (tertiary/aromatic N) is 3. The van der Waals surface area contributed by atoms with E-state index in [4.69, 9.17) is 10.4 Å². The first-order valence-electron chi connectivity index (χ1n) is 7.24. The van der Waals surface area contributed by atoms with Gasteiger partial charge in [0.25, 0.3) is 0 Å². The standard InChI is InChI=1S/C18H23N3/c1-17(2,3)15-11-16(18(4,5)6)21(20-15)14-9-7-13(12-19)8-10-14/h7-11H,1-6H3. The van der Waals surface area contributed by atoms with Gasteiger partial charge in [-0.1, -0.05) is 41.5 Å². The highest BCUT2D eigenvalue weighted by Gasteiger charge is 2.26. The van der Waals surface area contributed by atoms with E-state index in [0.717, 1.165) is 11.4 Å². The lowest BCUT2D eigenvalue weighted by Crippen LogP contribution is -2.17. The molecule has 2 rings (SSSR count). The van der Waals surface area contributed by atoms with Crippen molar-refractivity contribution < 1.29 is 0 Å². The van der Waals surface area contributed by atoms with Gasteiger partial charge in [0.1, 0.15) is 0 Å². The number of nitriles is 1. The number of hydrogen-bond donors (Lipinski definition) is 0. The summed E-state index contributed by atoms with van der Waals surface area (Å²) in [5, 5.41) is 13.7. The molecule has 2 aromatic rings. The fraction of sp³-hybridized carbons (Fsp3) is 0.444. The minimum absolute atomic E-state index is 0.00437. The summed E-state index contributed by atoms with van der Waals surface area (Å²) in [5.74, 6) is 0. The van der Waals surface area contributed by atoms with Gasteiger partial charge in [0.15, 0.2) is 0 Å². The Labute approximate surface area is 127 Å². The van der Waals surface area contributed by atoms with E-state index in [-0.39, 0.29) is 10.8 Å². The summed E-state index contributed by atoms with van der Waals surface area (Å²) in [6, 6.07) is 11.9. The van der Waals surface area contributed by atoms with E-state index in [1.165, 1.54) is 5.69 Å². The quantitative estimate of drug-likeness (QED) is 0.780. The molecule has 0 atom stereocenters. The Kier molecular flexibility index (Phi) is 3.67. The molecule has 0 saturated carbocycles. The van der Waals surface area contributed by atoms with Crippen LogP contribution in [0, 0.1) is 11.3 Å². The van der Waals surface area contributed by atoms with Crippen LogP contribution >= 0.6 is 0 Å². The minimum Gasteiger partial charge on any atom is -0.237 e. The van der Waals surface area contributed by atoms with Crippen molar-refractivity contribution >= 4 is 0 Å². The third-order valence-corrected chi connectivity index (χ3v) is 3.49. The van der Waals surface area contributed by atoms with Gasteiger partial charge in [-0.3, -0.25) is 0 Å². The van der Waals surface area contributed by atoms with Crippen molar-refractivity contribution in [2.24, 2.45) is 0 Å². The van der Waals surface area contributed by atoms with Crippen molar-refractivity contribution in [2.75, 3.05) is 0 Å². The van der Waals surface area contributed by atoms with Crippen LogP contribution in [0.25, 0.3) is 5.69 Å². The van der Waals surface area contributed by atoms with Crippen LogP contribution < -0.4 is 0 Å². The van der Waals surface area contributed by atoms with Crippen molar-refractivity contribution in [1.29, 1.82) is 5.26 Å². The first kappa shape index (κ1) is 15.3. The molecule has 0 fully saturated rings. The van der Waals surface area contributed by atoms with E-state index in [9.17, 15) is 0 Å². The molecule has 0 spiro atoms. The maximum absolute atomic E-state index is 8.92. The summed E-state index contributed by atoms with van der Waals surface area (Å²) in [6.07, 6.45) is 0. The molecule has 0 bridgehead atoms. The molecule has 1 aromatic carbocycles. The monoisotopic (exact) mass is 281 g/mol. The molecule has 1 heterocycles. The van der Waals surface area contributed by atoms with Crippen LogP contribution in [-0.4, -0.2) is 9.78 Å². The average Bonchev–Trinajstić information content (AvgIpc) is 2.83. The van der Waals surface area contributed by atoms with Crippen molar-refractivity contribution in [3.63, 3.8) is 0 Å². The van der Waals surface area contributed by atoms with Gasteiger partial charge in [-0.25, -0.2) is 4.68 Å². The van der Waals surface area contributed by atoms with E-state index < -0.39 is 0 Å². The molecule has 3 nitrogen and oxygen atoms in total. The van der Waals surface area contributed by atoms with Crippen LogP contribution in [0.3, 0.4) is 0 Å². The predicted molar refractivity (Wildman–Crippen MR) is 85.7 cm³/mol. The summed E-state index contributed by atoms with van der Waals surface area (Å²) < 4.78 is 2.00. The highest BCUT2D eigenvalue weighted by atomic mass is 15.3. The first-order valence-corrected chi connectivity index (χ1v) is 7.24. The molecule has 0 aliphatic carbocycles. The van der Waals surface area contributed by atoms with Crippen LogP contribution in [0.2, 0.25) is 0 Å². The first-order chi connectivity index (χ1) is 9.63. The van der Waals surface area contributed by atoms with Crippen LogP contribution in [0.4, 0.5) is 0 Å². The maximum Gasteiger partial charge on any atom is 0.0991 e. The number of benzene rings is 1. The molecule has 0 radical (unpaired) electrons. The zero-order valence-electron chi connectivity index (χ0n) is 13.7. The summed E-state index contributed by atoms with van der Waals surface area (Å²) in [6.45, 7) is 13.1. The molecular weight excluding hydrogens is 258 g/mol. The number of aromatic nitrogens is 2. The summed E-state index contributed by atoms with van der Waals surface area (Å²) >= 11 is 0. The Bertz CT molecular complexity index is 671. The molecule has 0 amide bonds. The summed E-state index contributed by atoms with van der Waals surface area (Å²) in [4.78, 5) is 0. The molecule has 110 valence electrons. The van der Waals surface area contributed by atoms with E-state index in [0.29, 0.717) is 5.56 Å². The minimum atomic E-state index is 0.00437. The summed E-state index contributed by atoms with van der Waals surface area (Å²) in [7, 11) is 0. The highest BCUT2D eigenvalue weighted by molar-refractivity contribution is 5.41. The molecule has 3 heteroatoms. The van der Waals surface area contributed by atoms with Gasteiger partial charge >= 0.3 is 0 Å². The van der Waals surface area contributed by atoms with Crippen molar-refractivity contribution in [1.82, 2.24) is 9.78 Å². The molecule has 0 aliphatic heterocycles. The Balaban J connectivity index is 2.61. The van der Waals surface area contributed by atoms with Gasteiger partial charge in [-0.2, -0.15) is 10.4 Å². The zero-order chi connectivity index (χ0) is 15.8. The van der Waals surface area contributed by atoms with Crippen molar-refractivity contribution in [2.45, 2.75) is 52.4 Å². The SMILES string of the molecule is CC(C)(C)c1cc(C(C)(C)C)n(-c2ccc(C#N)cc2)n1. The molecule has 21 heavy (non-hydrogen) atoms. The maximum atomic E-state index is 8.92. The van der Waals surface area contributed by atoms with Crippen LogP contribution in [0.5, 0.6) is 0 Å².